The van der Waals surface area contributed by atoms with Crippen LogP contribution in [0.5, 0.6) is 0 Å². The first kappa shape index (κ1) is 12.6. The van der Waals surface area contributed by atoms with Crippen molar-refractivity contribution >= 4 is 0 Å². The van der Waals surface area contributed by atoms with Crippen LogP contribution in [-0.4, -0.2) is 13.6 Å². The first-order chi connectivity index (χ1) is 7.84. The summed E-state index contributed by atoms with van der Waals surface area (Å²) in [6, 6.07) is 6.99. The van der Waals surface area contributed by atoms with Gasteiger partial charge in [-0.15, -0.1) is 0 Å². The van der Waals surface area contributed by atoms with Gasteiger partial charge in [0.25, 0.3) is 0 Å². The molecule has 1 aromatic rings. The summed E-state index contributed by atoms with van der Waals surface area (Å²) in [6.45, 7) is 12.7. The van der Waals surface area contributed by atoms with E-state index in [9.17, 15) is 0 Å². The van der Waals surface area contributed by atoms with E-state index in [0.717, 1.165) is 12.5 Å². The lowest BCUT2D eigenvalue weighted by Gasteiger charge is -2.17. The van der Waals surface area contributed by atoms with Crippen molar-refractivity contribution in [1.82, 2.24) is 5.32 Å². The van der Waals surface area contributed by atoms with Crippen molar-refractivity contribution in [3.05, 3.63) is 34.9 Å². The Labute approximate surface area is 106 Å². The molecule has 0 amide bonds. The highest BCUT2D eigenvalue weighted by molar-refractivity contribution is 5.43. The van der Waals surface area contributed by atoms with Crippen LogP contribution < -0.4 is 5.32 Å². The Bertz CT molecular complexity index is 413. The summed E-state index contributed by atoms with van der Waals surface area (Å²) in [5.74, 6) is 0.737. The van der Waals surface area contributed by atoms with Gasteiger partial charge in [-0.05, 0) is 44.3 Å². The van der Waals surface area contributed by atoms with E-state index in [1.165, 1.54) is 16.7 Å². The van der Waals surface area contributed by atoms with E-state index >= 15 is 0 Å². The van der Waals surface area contributed by atoms with Crippen LogP contribution in [0.1, 0.15) is 37.5 Å². The second-order valence-electron chi connectivity index (χ2n) is 6.41. The molecule has 1 N–H and O–H groups in total. The third-order valence-electron chi connectivity index (χ3n) is 5.05. The Hall–Kier alpha value is -0.820. The van der Waals surface area contributed by atoms with Gasteiger partial charge in [-0.1, -0.05) is 50.1 Å². The maximum Gasteiger partial charge on any atom is 0.00252 e. The number of aryl methyl sites for hydroxylation is 2. The zero-order valence-electron chi connectivity index (χ0n) is 12.0. The molecule has 0 radical (unpaired) electrons. The molecule has 1 nitrogen and oxygen atoms in total. The van der Waals surface area contributed by atoms with Gasteiger partial charge in [-0.3, -0.25) is 0 Å². The fourth-order valence-corrected chi connectivity index (χ4v) is 3.61. The lowest BCUT2D eigenvalue weighted by molar-refractivity contribution is 0.513. The normalized spacial score (nSPS) is 30.4. The minimum atomic E-state index is 0.326. The molecule has 2 unspecified atom stereocenters. The van der Waals surface area contributed by atoms with E-state index in [1.807, 2.05) is 0 Å². The third-order valence-corrected chi connectivity index (χ3v) is 5.05. The number of rotatable bonds is 3. The highest BCUT2D eigenvalue weighted by Crippen LogP contribution is 2.68. The predicted molar refractivity (Wildman–Crippen MR) is 74.5 cm³/mol. The molecule has 1 saturated carbocycles. The van der Waals surface area contributed by atoms with E-state index < -0.39 is 0 Å². The smallest absolute Gasteiger partial charge is 0.00252 e. The van der Waals surface area contributed by atoms with Gasteiger partial charge in [0.1, 0.15) is 0 Å². The lowest BCUT2D eigenvalue weighted by Crippen LogP contribution is -2.16. The average molecular weight is 231 g/mol. The molecule has 0 bridgehead atoms. The average Bonchev–Trinajstić information content (AvgIpc) is 2.64. The lowest BCUT2D eigenvalue weighted by atomic mass is 9.87. The summed E-state index contributed by atoms with van der Waals surface area (Å²) in [6.07, 6.45) is 0. The minimum Gasteiger partial charge on any atom is -0.319 e. The molecular formula is C16H25N. The van der Waals surface area contributed by atoms with Crippen LogP contribution in [0.25, 0.3) is 0 Å². The highest BCUT2D eigenvalue weighted by atomic mass is 14.9. The zero-order chi connectivity index (χ0) is 12.8. The fraction of sp³-hybridized carbons (Fsp3) is 0.625. The van der Waals surface area contributed by atoms with Gasteiger partial charge >= 0.3 is 0 Å². The second-order valence-corrected chi connectivity index (χ2v) is 6.41. The maximum atomic E-state index is 3.34. The van der Waals surface area contributed by atoms with Crippen molar-refractivity contribution in [2.24, 2.45) is 11.3 Å². The Balaban J connectivity index is 2.40. The molecule has 0 aromatic heterocycles. The highest BCUT2D eigenvalue weighted by Gasteiger charge is 2.67. The molecule has 1 aliphatic rings. The van der Waals surface area contributed by atoms with Gasteiger partial charge in [0, 0.05) is 5.41 Å². The zero-order valence-corrected chi connectivity index (χ0v) is 12.0. The quantitative estimate of drug-likeness (QED) is 0.840. The van der Waals surface area contributed by atoms with Crippen molar-refractivity contribution in [3.8, 4) is 0 Å². The van der Waals surface area contributed by atoms with Crippen LogP contribution in [0.2, 0.25) is 0 Å². The Kier molecular flexibility index (Phi) is 2.86. The van der Waals surface area contributed by atoms with Gasteiger partial charge in [0.2, 0.25) is 0 Å². The Morgan fingerprint density at radius 2 is 1.59 bits per heavy atom. The maximum absolute atomic E-state index is 3.34. The molecule has 2 rings (SSSR count). The Morgan fingerprint density at radius 3 is 2.06 bits per heavy atom. The molecule has 1 aliphatic carbocycles. The molecule has 1 heteroatoms. The molecule has 0 aliphatic heterocycles. The topological polar surface area (TPSA) is 12.0 Å². The van der Waals surface area contributed by atoms with Crippen molar-refractivity contribution in [3.63, 3.8) is 0 Å². The molecule has 0 spiro atoms. The van der Waals surface area contributed by atoms with Crippen LogP contribution in [0.4, 0.5) is 0 Å². The summed E-state index contributed by atoms with van der Waals surface area (Å²) >= 11 is 0. The standard InChI is InChI=1S/C16H25N/c1-11-7-12(2)9-13(8-11)16(5)14(10-17-6)15(16,3)4/h7-9,14,17H,10H2,1-6H3. The van der Waals surface area contributed by atoms with Gasteiger partial charge in [0.05, 0.1) is 0 Å². The van der Waals surface area contributed by atoms with E-state index in [4.69, 9.17) is 0 Å². The predicted octanol–water partition coefficient (Wildman–Crippen LogP) is 3.44. The fourth-order valence-electron chi connectivity index (χ4n) is 3.61. The summed E-state index contributed by atoms with van der Waals surface area (Å²) in [4.78, 5) is 0. The van der Waals surface area contributed by atoms with Gasteiger partial charge in [0.15, 0.2) is 0 Å². The Morgan fingerprint density at radius 1 is 1.06 bits per heavy atom. The van der Waals surface area contributed by atoms with E-state index in [1.54, 1.807) is 0 Å². The van der Waals surface area contributed by atoms with E-state index in [2.05, 4.69) is 65.2 Å². The summed E-state index contributed by atoms with van der Waals surface area (Å²) in [7, 11) is 2.05. The SMILES string of the molecule is CNCC1C(C)(C)C1(C)c1cc(C)cc(C)c1. The van der Waals surface area contributed by atoms with Crippen LogP contribution in [0, 0.1) is 25.2 Å². The van der Waals surface area contributed by atoms with Gasteiger partial charge in [-0.25, -0.2) is 0 Å². The molecule has 0 saturated heterocycles. The molecule has 1 fully saturated rings. The van der Waals surface area contributed by atoms with Gasteiger partial charge in [-0.2, -0.15) is 0 Å². The van der Waals surface area contributed by atoms with Crippen LogP contribution in [0.15, 0.2) is 18.2 Å². The molecular weight excluding hydrogens is 206 g/mol. The summed E-state index contributed by atoms with van der Waals surface area (Å²) in [5.41, 5.74) is 5.00. The van der Waals surface area contributed by atoms with E-state index in [-0.39, 0.29) is 0 Å². The largest absolute Gasteiger partial charge is 0.319 e. The summed E-state index contributed by atoms with van der Waals surface area (Å²) in [5, 5.41) is 3.34. The monoisotopic (exact) mass is 231 g/mol. The van der Waals surface area contributed by atoms with E-state index in [0.29, 0.717) is 10.8 Å². The van der Waals surface area contributed by atoms with Crippen LogP contribution in [0.3, 0.4) is 0 Å². The first-order valence-electron chi connectivity index (χ1n) is 6.57. The van der Waals surface area contributed by atoms with Gasteiger partial charge < -0.3 is 5.32 Å². The molecule has 1 aromatic carbocycles. The molecule has 17 heavy (non-hydrogen) atoms. The third kappa shape index (κ3) is 1.72. The number of nitrogens with one attached hydrogen (secondary N) is 1. The van der Waals surface area contributed by atoms with Crippen molar-refractivity contribution in [2.75, 3.05) is 13.6 Å². The second kappa shape index (κ2) is 3.84. The van der Waals surface area contributed by atoms with Crippen molar-refractivity contribution < 1.29 is 0 Å². The van der Waals surface area contributed by atoms with Crippen molar-refractivity contribution in [2.45, 2.75) is 40.0 Å². The minimum absolute atomic E-state index is 0.326. The molecule has 0 heterocycles. The van der Waals surface area contributed by atoms with Crippen LogP contribution in [-0.2, 0) is 5.41 Å². The number of hydrogen-bond donors (Lipinski definition) is 1. The molecule has 2 atom stereocenters. The number of hydrogen-bond acceptors (Lipinski definition) is 1. The summed E-state index contributed by atoms with van der Waals surface area (Å²) < 4.78 is 0. The number of benzene rings is 1. The van der Waals surface area contributed by atoms with Crippen molar-refractivity contribution in [1.29, 1.82) is 0 Å². The van der Waals surface area contributed by atoms with Crippen LogP contribution >= 0.6 is 0 Å². The molecule has 94 valence electrons. The first-order valence-corrected chi connectivity index (χ1v) is 6.57.